The van der Waals surface area contributed by atoms with Crippen molar-refractivity contribution in [1.82, 2.24) is 24.8 Å². The molecule has 3 aromatic heterocycles. The van der Waals surface area contributed by atoms with Gasteiger partial charge in [0.2, 0.25) is 5.95 Å². The van der Waals surface area contributed by atoms with Crippen molar-refractivity contribution in [3.8, 4) is 11.1 Å². The van der Waals surface area contributed by atoms with E-state index in [2.05, 4.69) is 15.0 Å². The Morgan fingerprint density at radius 2 is 1.93 bits per heavy atom. The van der Waals surface area contributed by atoms with E-state index in [9.17, 15) is 4.79 Å². The third-order valence-electron chi connectivity index (χ3n) is 5.48. The number of aromatic nitrogens is 4. The Kier molecular flexibility index (Phi) is 5.70. The van der Waals surface area contributed by atoms with Crippen LogP contribution in [0.25, 0.3) is 11.1 Å². The van der Waals surface area contributed by atoms with E-state index in [1.54, 1.807) is 18.5 Å². The van der Waals surface area contributed by atoms with E-state index in [1.807, 2.05) is 61.4 Å². The van der Waals surface area contributed by atoms with Gasteiger partial charge in [-0.3, -0.25) is 14.8 Å². The van der Waals surface area contributed by atoms with Crippen LogP contribution in [0.3, 0.4) is 0 Å². The van der Waals surface area contributed by atoms with E-state index in [0.29, 0.717) is 18.2 Å². The van der Waals surface area contributed by atoms with Crippen molar-refractivity contribution >= 4 is 11.9 Å². The van der Waals surface area contributed by atoms with Crippen LogP contribution >= 0.6 is 0 Å². The summed E-state index contributed by atoms with van der Waals surface area (Å²) in [6, 6.07) is 7.30. The number of aryl methyl sites for hydroxylation is 1. The monoisotopic (exact) mass is 402 g/mol. The van der Waals surface area contributed by atoms with Crippen LogP contribution in [0.15, 0.2) is 49.1 Å². The second-order valence-corrected chi connectivity index (χ2v) is 7.78. The molecule has 3 aromatic rings. The molecule has 4 heterocycles. The fourth-order valence-electron chi connectivity index (χ4n) is 3.93. The summed E-state index contributed by atoms with van der Waals surface area (Å²) in [7, 11) is 3.85. The number of amides is 1. The fraction of sp³-hybridized carbons (Fsp3) is 0.348. The van der Waals surface area contributed by atoms with Crippen molar-refractivity contribution < 1.29 is 4.79 Å². The Morgan fingerprint density at radius 1 is 1.07 bits per heavy atom. The van der Waals surface area contributed by atoms with Crippen LogP contribution in [0.1, 0.15) is 47.1 Å². The first-order chi connectivity index (χ1) is 14.6. The lowest BCUT2D eigenvalue weighted by molar-refractivity contribution is 0.0600. The topological polar surface area (TPSA) is 75.1 Å². The van der Waals surface area contributed by atoms with Crippen molar-refractivity contribution in [2.75, 3.05) is 25.5 Å². The van der Waals surface area contributed by atoms with Gasteiger partial charge >= 0.3 is 0 Å². The van der Waals surface area contributed by atoms with Gasteiger partial charge in [0.15, 0.2) is 0 Å². The molecule has 7 heteroatoms. The molecule has 0 N–H and O–H groups in total. The van der Waals surface area contributed by atoms with Gasteiger partial charge in [-0.1, -0.05) is 6.07 Å². The minimum absolute atomic E-state index is 0.0530. The smallest absolute Gasteiger partial charge is 0.273 e. The summed E-state index contributed by atoms with van der Waals surface area (Å²) < 4.78 is 0. The molecule has 0 aliphatic carbocycles. The zero-order chi connectivity index (χ0) is 21.1. The Bertz CT molecular complexity index is 1040. The maximum Gasteiger partial charge on any atom is 0.273 e. The third kappa shape index (κ3) is 3.87. The summed E-state index contributed by atoms with van der Waals surface area (Å²) in [4.78, 5) is 35.1. The minimum atomic E-state index is -0.127. The highest BCUT2D eigenvalue weighted by molar-refractivity contribution is 5.92. The van der Waals surface area contributed by atoms with Crippen LogP contribution in [0, 0.1) is 6.92 Å². The molecular weight excluding hydrogens is 376 g/mol. The number of piperidine rings is 1. The van der Waals surface area contributed by atoms with Crippen molar-refractivity contribution in [2.24, 2.45) is 0 Å². The minimum Gasteiger partial charge on any atom is -0.347 e. The quantitative estimate of drug-likeness (QED) is 0.663. The lowest BCUT2D eigenvalue weighted by Gasteiger charge is -2.36. The van der Waals surface area contributed by atoms with E-state index in [4.69, 9.17) is 4.98 Å². The lowest BCUT2D eigenvalue weighted by atomic mass is 9.92. The predicted molar refractivity (Wildman–Crippen MR) is 116 cm³/mol. The lowest BCUT2D eigenvalue weighted by Crippen LogP contribution is -2.39. The average Bonchev–Trinajstić information content (AvgIpc) is 2.79. The molecule has 0 spiro atoms. The highest BCUT2D eigenvalue weighted by atomic mass is 16.2. The molecule has 1 atom stereocenters. The van der Waals surface area contributed by atoms with Crippen molar-refractivity contribution in [2.45, 2.75) is 32.2 Å². The third-order valence-corrected chi connectivity index (χ3v) is 5.48. The Labute approximate surface area is 176 Å². The molecule has 1 amide bonds. The van der Waals surface area contributed by atoms with E-state index < -0.39 is 0 Å². The molecule has 0 aromatic carbocycles. The van der Waals surface area contributed by atoms with E-state index in [-0.39, 0.29) is 11.9 Å². The van der Waals surface area contributed by atoms with Gasteiger partial charge in [0.05, 0.1) is 11.7 Å². The molecule has 0 unspecified atom stereocenters. The number of rotatable bonds is 4. The van der Waals surface area contributed by atoms with Crippen LogP contribution in [0.5, 0.6) is 0 Å². The summed E-state index contributed by atoms with van der Waals surface area (Å²) >= 11 is 0. The number of nitrogens with zero attached hydrogens (tertiary/aromatic N) is 6. The van der Waals surface area contributed by atoms with Gasteiger partial charge in [0.25, 0.3) is 5.91 Å². The Morgan fingerprint density at radius 3 is 2.67 bits per heavy atom. The summed E-state index contributed by atoms with van der Waals surface area (Å²) in [6.45, 7) is 2.72. The van der Waals surface area contributed by atoms with Gasteiger partial charge in [-0.05, 0) is 55.5 Å². The molecule has 7 nitrogen and oxygen atoms in total. The predicted octanol–water partition coefficient (Wildman–Crippen LogP) is 3.68. The van der Waals surface area contributed by atoms with Crippen molar-refractivity contribution in [3.05, 3.63) is 66.0 Å². The molecule has 154 valence electrons. The molecule has 4 rings (SSSR count). The van der Waals surface area contributed by atoms with E-state index in [0.717, 1.165) is 41.6 Å². The molecule has 0 bridgehead atoms. The maximum absolute atomic E-state index is 13.3. The van der Waals surface area contributed by atoms with Gasteiger partial charge in [-0.2, -0.15) is 0 Å². The van der Waals surface area contributed by atoms with Gasteiger partial charge in [0, 0.05) is 51.0 Å². The summed E-state index contributed by atoms with van der Waals surface area (Å²) in [5.74, 6) is 0.582. The highest BCUT2D eigenvalue weighted by Gasteiger charge is 2.32. The number of pyridine rings is 2. The second-order valence-electron chi connectivity index (χ2n) is 7.78. The van der Waals surface area contributed by atoms with Crippen LogP contribution in [-0.2, 0) is 0 Å². The molecule has 1 aliphatic heterocycles. The van der Waals surface area contributed by atoms with E-state index >= 15 is 0 Å². The molecular formula is C23H26N6O. The zero-order valence-corrected chi connectivity index (χ0v) is 17.6. The molecule has 1 fully saturated rings. The van der Waals surface area contributed by atoms with Crippen molar-refractivity contribution in [3.63, 3.8) is 0 Å². The number of carbonyl (C=O) groups excluding carboxylic acids is 1. The molecule has 1 aliphatic rings. The summed E-state index contributed by atoms with van der Waals surface area (Å²) in [5.41, 5.74) is 4.39. The van der Waals surface area contributed by atoms with Gasteiger partial charge in [0.1, 0.15) is 5.69 Å². The van der Waals surface area contributed by atoms with Crippen LogP contribution in [-0.4, -0.2) is 51.4 Å². The first-order valence-corrected chi connectivity index (χ1v) is 10.2. The number of hydrogen-bond donors (Lipinski definition) is 0. The standard InChI is InChI=1S/C23H26N6O/c1-16-14-24-12-10-17(16)18-15-26-23(28(2)3)27-21(18)20-9-5-7-13-29(20)22(30)19-8-4-6-11-25-19/h4,6,8,10-12,14-15,20H,5,7,9,13H2,1-3H3/t20-/m0/s1. The summed E-state index contributed by atoms with van der Waals surface area (Å²) in [5, 5.41) is 0. The molecule has 1 saturated heterocycles. The first-order valence-electron chi connectivity index (χ1n) is 10.2. The van der Waals surface area contributed by atoms with Gasteiger partial charge in [-0.15, -0.1) is 0 Å². The largest absolute Gasteiger partial charge is 0.347 e. The first kappa shape index (κ1) is 19.9. The Hall–Kier alpha value is -3.35. The molecule has 0 radical (unpaired) electrons. The number of hydrogen-bond acceptors (Lipinski definition) is 6. The van der Waals surface area contributed by atoms with Crippen LogP contribution in [0.4, 0.5) is 5.95 Å². The normalized spacial score (nSPS) is 16.4. The highest BCUT2D eigenvalue weighted by Crippen LogP contribution is 2.37. The fourth-order valence-corrected chi connectivity index (χ4v) is 3.93. The van der Waals surface area contributed by atoms with Gasteiger partial charge < -0.3 is 9.80 Å². The maximum atomic E-state index is 13.3. The van der Waals surface area contributed by atoms with E-state index in [1.165, 1.54) is 0 Å². The SMILES string of the molecule is Cc1cnccc1-c1cnc(N(C)C)nc1[C@@H]1CCCCN1C(=O)c1ccccn1. The number of likely N-dealkylation sites (tertiary alicyclic amines) is 1. The average molecular weight is 403 g/mol. The van der Waals surface area contributed by atoms with Gasteiger partial charge in [-0.25, -0.2) is 9.97 Å². The Balaban J connectivity index is 1.82. The summed E-state index contributed by atoms with van der Waals surface area (Å²) in [6.07, 6.45) is 10.0. The molecule has 30 heavy (non-hydrogen) atoms. The second kappa shape index (κ2) is 8.57. The molecule has 0 saturated carbocycles. The number of carbonyl (C=O) groups is 1. The van der Waals surface area contributed by atoms with Crippen LogP contribution in [0.2, 0.25) is 0 Å². The number of anilines is 1. The van der Waals surface area contributed by atoms with Crippen molar-refractivity contribution in [1.29, 1.82) is 0 Å². The zero-order valence-electron chi connectivity index (χ0n) is 17.6. The van der Waals surface area contributed by atoms with Crippen LogP contribution < -0.4 is 4.90 Å².